The van der Waals surface area contributed by atoms with E-state index in [1.807, 2.05) is 67.2 Å². The molecule has 0 aliphatic carbocycles. The van der Waals surface area contributed by atoms with E-state index in [0.29, 0.717) is 129 Å². The summed E-state index contributed by atoms with van der Waals surface area (Å²) in [5.74, 6) is -0.0354. The van der Waals surface area contributed by atoms with Gasteiger partial charge in [-0.15, -0.1) is 0 Å². The molecule has 0 saturated carbocycles. The van der Waals surface area contributed by atoms with Crippen LogP contribution in [0, 0.1) is 0 Å². The van der Waals surface area contributed by atoms with Crippen LogP contribution in [0.2, 0.25) is 18.1 Å². The van der Waals surface area contributed by atoms with E-state index < -0.39 is 32.0 Å². The van der Waals surface area contributed by atoms with Crippen molar-refractivity contribution < 1.29 is 54.8 Å². The Kier molecular flexibility index (Phi) is 31.5. The molecular weight excluding hydrogens is 737 g/mol. The summed E-state index contributed by atoms with van der Waals surface area (Å²) in [5.41, 5.74) is -0.590. The topological polar surface area (TPSA) is 156 Å². The summed E-state index contributed by atoms with van der Waals surface area (Å²) in [4.78, 5) is 15.9. The zero-order valence-electron chi connectivity index (χ0n) is 35.1. The molecule has 0 aromatic heterocycles. The molecule has 0 atom stereocenters. The van der Waals surface area contributed by atoms with Crippen molar-refractivity contribution in [3.05, 3.63) is 0 Å². The van der Waals surface area contributed by atoms with Gasteiger partial charge in [-0.2, -0.15) is 0 Å². The second-order valence-electron chi connectivity index (χ2n) is 12.7. The third-order valence-electron chi connectivity index (χ3n) is 8.81. The van der Waals surface area contributed by atoms with Crippen LogP contribution in [0.1, 0.15) is 114 Å². The molecule has 0 heterocycles. The number of nitrogens with zero attached hydrogens (tertiary/aromatic N) is 1. The monoisotopic (exact) mass is 817 g/mol. The smallest absolute Gasteiger partial charge is 0.395 e. The Bertz CT molecular complexity index is 748. The normalized spacial score (nSPS) is 13.0. The van der Waals surface area contributed by atoms with E-state index >= 15 is 0 Å². The van der Waals surface area contributed by atoms with Gasteiger partial charge in [-0.3, -0.25) is 9.69 Å². The van der Waals surface area contributed by atoms with Gasteiger partial charge in [0.15, 0.2) is 0 Å². The highest BCUT2D eigenvalue weighted by Gasteiger charge is 2.45. The van der Waals surface area contributed by atoms with Crippen molar-refractivity contribution in [2.75, 3.05) is 92.3 Å². The first-order valence-electron chi connectivity index (χ1n) is 20.6. The summed E-state index contributed by atoms with van der Waals surface area (Å²) in [7, 11) is -8.81. The summed E-state index contributed by atoms with van der Waals surface area (Å²) >= 11 is 0. The van der Waals surface area contributed by atoms with Gasteiger partial charge in [-0.05, 0) is 114 Å². The fourth-order valence-corrected chi connectivity index (χ4v) is 14.8. The van der Waals surface area contributed by atoms with Crippen LogP contribution in [-0.2, 0) is 44.6 Å². The van der Waals surface area contributed by atoms with Gasteiger partial charge < -0.3 is 55.4 Å². The van der Waals surface area contributed by atoms with Gasteiger partial charge in [-0.1, -0.05) is 0 Å². The van der Waals surface area contributed by atoms with Gasteiger partial charge >= 0.3 is 26.4 Å². The van der Waals surface area contributed by atoms with Gasteiger partial charge in [0.2, 0.25) is 5.91 Å². The number of carbonyl (C=O) groups is 1. The maximum absolute atomic E-state index is 13.9. The van der Waals surface area contributed by atoms with Crippen LogP contribution < -0.4 is 5.32 Å². The summed E-state index contributed by atoms with van der Waals surface area (Å²) in [6, 6.07) is 1.88. The summed E-state index contributed by atoms with van der Waals surface area (Å²) < 4.78 is 55.9. The second-order valence-corrected chi connectivity index (χ2v) is 20.9. The Balaban J connectivity index is 6.72. The lowest BCUT2D eigenvalue weighted by molar-refractivity contribution is -0.123. The Morgan fingerprint density at radius 1 is 0.491 bits per heavy atom. The molecule has 17 heteroatoms. The van der Waals surface area contributed by atoms with Crippen molar-refractivity contribution in [1.82, 2.24) is 10.2 Å². The average Bonchev–Trinajstić information content (AvgIpc) is 3.09. The van der Waals surface area contributed by atoms with Crippen LogP contribution in [0.3, 0.4) is 0 Å². The Hall–Kier alpha value is -0.359. The molecule has 0 radical (unpaired) electrons. The number of aliphatic hydroxyl groups is 2. The highest BCUT2D eigenvalue weighted by Crippen LogP contribution is 2.34. The second kappa shape index (κ2) is 31.7. The molecule has 0 saturated heterocycles. The fourth-order valence-electron chi connectivity index (χ4n) is 6.94. The van der Waals surface area contributed by atoms with Gasteiger partial charge in [0.25, 0.3) is 0 Å². The number of amides is 1. The highest BCUT2D eigenvalue weighted by molar-refractivity contribution is 6.61. The van der Waals surface area contributed by atoms with Crippen LogP contribution in [0.15, 0.2) is 0 Å². The molecule has 0 aliphatic rings. The summed E-state index contributed by atoms with van der Waals surface area (Å²) in [6.45, 7) is 23.6. The molecule has 0 aromatic carbocycles. The third-order valence-corrected chi connectivity index (χ3v) is 18.3. The van der Waals surface area contributed by atoms with E-state index in [-0.39, 0.29) is 19.1 Å². The first-order chi connectivity index (χ1) is 25.6. The molecule has 3 N–H and O–H groups in total. The van der Waals surface area contributed by atoms with Crippen molar-refractivity contribution in [3.63, 3.8) is 0 Å². The molecule has 0 unspecified atom stereocenters. The third kappa shape index (κ3) is 21.7. The van der Waals surface area contributed by atoms with Crippen LogP contribution >= 0.6 is 0 Å². The average molecular weight is 817 g/mol. The Morgan fingerprint density at radius 3 is 1.02 bits per heavy atom. The van der Waals surface area contributed by atoms with Crippen LogP contribution in [0.5, 0.6) is 0 Å². The number of hydrogen-bond acceptors (Lipinski definition) is 13. The van der Waals surface area contributed by atoms with E-state index in [0.717, 1.165) is 19.3 Å². The maximum atomic E-state index is 13.9. The van der Waals surface area contributed by atoms with Crippen molar-refractivity contribution in [2.24, 2.45) is 0 Å². The molecule has 0 rings (SSSR count). The van der Waals surface area contributed by atoms with Crippen molar-refractivity contribution in [1.29, 1.82) is 0 Å². The van der Waals surface area contributed by atoms with Crippen LogP contribution in [0.25, 0.3) is 0 Å². The standard InChI is InChI=1S/C36H80N2O12Si3/c1-10-42-51(43-11-2,44-12-3)32-20-24-36(25-21-33-52(45-13-4,46-14-5)47-15-6,26-22-34-53(48-16-7,49-17-8)50-18-9)37-35(41)23-19-27-38(28-30-39)29-31-40/h39-40H,10-34H2,1-9H3,(H,37,41). The van der Waals surface area contributed by atoms with Crippen LogP contribution in [-0.4, -0.2) is 145 Å². The minimum atomic E-state index is -2.94. The van der Waals surface area contributed by atoms with E-state index in [1.165, 1.54) is 0 Å². The zero-order valence-corrected chi connectivity index (χ0v) is 38.1. The number of aliphatic hydroxyl groups excluding tert-OH is 2. The highest BCUT2D eigenvalue weighted by atomic mass is 28.4. The lowest BCUT2D eigenvalue weighted by atomic mass is 9.84. The molecule has 1 amide bonds. The van der Waals surface area contributed by atoms with Crippen molar-refractivity contribution >= 4 is 32.3 Å². The van der Waals surface area contributed by atoms with Crippen molar-refractivity contribution in [3.8, 4) is 0 Å². The molecule has 0 bridgehead atoms. The first kappa shape index (κ1) is 52.6. The van der Waals surface area contributed by atoms with Gasteiger partial charge in [0.1, 0.15) is 0 Å². The molecule has 0 spiro atoms. The minimum Gasteiger partial charge on any atom is -0.395 e. The number of rotatable bonds is 39. The summed E-state index contributed by atoms with van der Waals surface area (Å²) in [5, 5.41) is 22.5. The largest absolute Gasteiger partial charge is 0.500 e. The molecule has 0 fully saturated rings. The van der Waals surface area contributed by atoms with Gasteiger partial charge in [-0.25, -0.2) is 0 Å². The molecule has 0 aliphatic heterocycles. The maximum Gasteiger partial charge on any atom is 0.500 e. The van der Waals surface area contributed by atoms with E-state index in [4.69, 9.17) is 39.8 Å². The van der Waals surface area contributed by atoms with Gasteiger partial charge in [0.05, 0.1) is 13.2 Å². The van der Waals surface area contributed by atoms with Gasteiger partial charge in [0, 0.05) is 103 Å². The molecule has 53 heavy (non-hydrogen) atoms. The number of hydrogen-bond donors (Lipinski definition) is 3. The number of nitrogens with one attached hydrogen (secondary N) is 1. The molecule has 14 nitrogen and oxygen atoms in total. The van der Waals surface area contributed by atoms with E-state index in [2.05, 4.69) is 5.32 Å². The Morgan fingerprint density at radius 2 is 0.774 bits per heavy atom. The van der Waals surface area contributed by atoms with Crippen LogP contribution in [0.4, 0.5) is 0 Å². The van der Waals surface area contributed by atoms with E-state index in [1.54, 1.807) is 0 Å². The molecular formula is C36H80N2O12Si3. The predicted molar refractivity (Wildman–Crippen MR) is 215 cm³/mol. The minimum absolute atomic E-state index is 0.00255. The zero-order chi connectivity index (χ0) is 39.9. The SMILES string of the molecule is CCO[Si](CCCC(CCC[Si](OCC)(OCC)OCC)(CCC[Si](OCC)(OCC)OCC)NC(=O)CCCN(CCO)CCO)(OCC)OCC. The summed E-state index contributed by atoms with van der Waals surface area (Å²) in [6.07, 6.45) is 5.13. The van der Waals surface area contributed by atoms with E-state index in [9.17, 15) is 15.0 Å². The Labute approximate surface area is 326 Å². The molecule has 0 aromatic rings. The predicted octanol–water partition coefficient (Wildman–Crippen LogP) is 5.39. The molecule has 318 valence electrons. The first-order valence-corrected chi connectivity index (χ1v) is 26.4. The number of carbonyl (C=O) groups excluding carboxylic acids is 1. The lowest BCUT2D eigenvalue weighted by Crippen LogP contribution is -2.51. The quantitative estimate of drug-likeness (QED) is 0.0680. The fraction of sp³-hybridized carbons (Fsp3) is 0.972. The van der Waals surface area contributed by atoms with Crippen molar-refractivity contribution in [2.45, 2.75) is 137 Å². The lowest BCUT2D eigenvalue weighted by Gasteiger charge is -2.38.